The smallest absolute Gasteiger partial charge is 0.164 e. The van der Waals surface area contributed by atoms with Gasteiger partial charge in [0.15, 0.2) is 17.5 Å². The van der Waals surface area contributed by atoms with Crippen LogP contribution < -0.4 is 0 Å². The topological polar surface area (TPSA) is 43.6 Å². The molecule has 3 aliphatic rings. The summed E-state index contributed by atoms with van der Waals surface area (Å²) in [7, 11) is 0. The predicted octanol–water partition coefficient (Wildman–Crippen LogP) is 20.5. The van der Waals surface area contributed by atoms with Crippen molar-refractivity contribution in [3.05, 3.63) is 348 Å². The fourth-order valence-corrected chi connectivity index (χ4v) is 15.0. The van der Waals surface area contributed by atoms with Crippen LogP contribution in [0.15, 0.2) is 309 Å². The minimum absolute atomic E-state index is 0.144. The van der Waals surface area contributed by atoms with Crippen LogP contribution in [0.3, 0.4) is 0 Å². The molecule has 1 spiro atoms. The van der Waals surface area contributed by atoms with Gasteiger partial charge in [-0.2, -0.15) is 0 Å². The third kappa shape index (κ3) is 7.48. The van der Waals surface area contributed by atoms with Gasteiger partial charge in [0.1, 0.15) is 0 Å². The van der Waals surface area contributed by atoms with Crippen LogP contribution in [-0.4, -0.2) is 19.5 Å². The van der Waals surface area contributed by atoms with E-state index in [0.717, 1.165) is 33.5 Å². The molecule has 4 heteroatoms. The van der Waals surface area contributed by atoms with Gasteiger partial charge in [0.05, 0.1) is 16.4 Å². The van der Waals surface area contributed by atoms with Crippen molar-refractivity contribution in [3.63, 3.8) is 0 Å². The Morgan fingerprint density at radius 1 is 0.276 bits per heavy atom. The van der Waals surface area contributed by atoms with Gasteiger partial charge in [0, 0.05) is 39.1 Å². The maximum Gasteiger partial charge on any atom is 0.164 e. The second-order valence-corrected chi connectivity index (χ2v) is 23.3. The predicted molar refractivity (Wildman–Crippen MR) is 356 cm³/mol. The molecule has 4 nitrogen and oxygen atoms in total. The van der Waals surface area contributed by atoms with E-state index >= 15 is 0 Å². The first kappa shape index (κ1) is 49.1. The van der Waals surface area contributed by atoms with E-state index < -0.39 is 5.41 Å². The Hall–Kier alpha value is -11.3. The molecule has 15 aromatic rings. The zero-order valence-corrected chi connectivity index (χ0v) is 47.3. The highest BCUT2D eigenvalue weighted by Crippen LogP contribution is 2.67. The summed E-state index contributed by atoms with van der Waals surface area (Å²) in [4.78, 5) is 15.9. The summed E-state index contributed by atoms with van der Waals surface area (Å²) in [5.74, 6) is 1.74. The fraction of sp³-hybridized carbons (Fsp3) is 0.0241. The molecule has 0 amide bonds. The third-order valence-electron chi connectivity index (χ3n) is 18.7. The molecular weight excluding hydrogens is 1050 g/mol. The standard InChI is InChI=1S/C83H52N4/c1-4-21-52(22-5-1)55-27-18-30-60(47-55)81-84-80(54-25-8-3-9-26-54)85-82(86-81)61-31-19-29-59(48-61)77-67-43-41-57(58-42-46-76-71(51-58)66-36-13-17-40-75(66)87(76)62-32-20-28-56(49-62)53-23-6-2-7-24-53)50-70(67)68-44-45-69-65-35-12-16-39-74(65)83(79(69)78(68)77)72-37-14-10-33-63(72)64-34-11-15-38-73(64)83/h1-51,77H. The molecule has 2 aromatic heterocycles. The normalized spacial score (nSPS) is 13.7. The molecule has 0 saturated heterocycles. The lowest BCUT2D eigenvalue weighted by Gasteiger charge is -2.33. The Labute approximate surface area is 504 Å². The molecule has 13 aromatic carbocycles. The van der Waals surface area contributed by atoms with Gasteiger partial charge in [-0.05, 0) is 154 Å². The van der Waals surface area contributed by atoms with Gasteiger partial charge in [0.2, 0.25) is 0 Å². The number of benzene rings is 13. The zero-order chi connectivity index (χ0) is 57.2. The van der Waals surface area contributed by atoms with Crippen LogP contribution in [0.1, 0.15) is 44.9 Å². The molecule has 87 heavy (non-hydrogen) atoms. The average Bonchev–Trinajstić information content (AvgIpc) is 1.54. The molecule has 0 fully saturated rings. The van der Waals surface area contributed by atoms with Crippen LogP contribution >= 0.6 is 0 Å². The molecular formula is C83H52N4. The summed E-state index contributed by atoms with van der Waals surface area (Å²) in [5, 5.41) is 2.45. The number of aromatic nitrogens is 4. The first-order chi connectivity index (χ1) is 43.1. The van der Waals surface area contributed by atoms with E-state index in [9.17, 15) is 0 Å². The van der Waals surface area contributed by atoms with Gasteiger partial charge in [-0.1, -0.05) is 261 Å². The largest absolute Gasteiger partial charge is 0.309 e. The summed E-state index contributed by atoms with van der Waals surface area (Å²) in [5.41, 5.74) is 29.5. The second kappa shape index (κ2) is 19.4. The zero-order valence-electron chi connectivity index (χ0n) is 47.3. The summed E-state index contributed by atoms with van der Waals surface area (Å²) < 4.78 is 2.43. The summed E-state index contributed by atoms with van der Waals surface area (Å²) in [6.45, 7) is 0. The lowest BCUT2D eigenvalue weighted by atomic mass is 9.67. The van der Waals surface area contributed by atoms with Gasteiger partial charge in [-0.25, -0.2) is 15.0 Å². The van der Waals surface area contributed by atoms with E-state index in [0.29, 0.717) is 17.5 Å². The van der Waals surface area contributed by atoms with Crippen molar-refractivity contribution in [2.45, 2.75) is 11.3 Å². The Kier molecular flexibility index (Phi) is 10.9. The highest BCUT2D eigenvalue weighted by atomic mass is 15.0. The molecule has 404 valence electrons. The van der Waals surface area contributed by atoms with E-state index in [-0.39, 0.29) is 5.92 Å². The van der Waals surface area contributed by atoms with Crippen molar-refractivity contribution in [2.24, 2.45) is 0 Å². The molecule has 0 radical (unpaired) electrons. The van der Waals surface area contributed by atoms with Crippen LogP contribution in [0.2, 0.25) is 0 Å². The number of para-hydroxylation sites is 1. The van der Waals surface area contributed by atoms with Crippen molar-refractivity contribution in [3.8, 4) is 107 Å². The molecule has 0 saturated carbocycles. The summed E-state index contributed by atoms with van der Waals surface area (Å²) in [6, 6.07) is 114. The Morgan fingerprint density at radius 3 is 1.43 bits per heavy atom. The molecule has 1 unspecified atom stereocenters. The minimum Gasteiger partial charge on any atom is -0.309 e. The SMILES string of the molecule is c1ccc(-c2cccc(-c3nc(-c4ccccc4)nc(-c4cccc(C5c6ccc(-c7ccc8c(c7)c7ccccc7n8-c7cccc(-c8ccccc8)c7)cc6-c6ccc7c(c65)C5(c6ccccc6-c6ccccc65)c5ccccc5-7)c4)n3)c2)cc1. The van der Waals surface area contributed by atoms with E-state index in [1.807, 2.05) is 18.2 Å². The molecule has 2 heterocycles. The highest BCUT2D eigenvalue weighted by molar-refractivity contribution is 6.11. The summed E-state index contributed by atoms with van der Waals surface area (Å²) in [6.07, 6.45) is 0. The molecule has 18 rings (SSSR count). The van der Waals surface area contributed by atoms with Gasteiger partial charge in [-0.3, -0.25) is 0 Å². The second-order valence-electron chi connectivity index (χ2n) is 23.3. The number of hydrogen-bond acceptors (Lipinski definition) is 3. The average molecular weight is 1110 g/mol. The maximum atomic E-state index is 5.38. The van der Waals surface area contributed by atoms with Crippen LogP contribution in [-0.2, 0) is 5.41 Å². The first-order valence-electron chi connectivity index (χ1n) is 30.0. The van der Waals surface area contributed by atoms with Crippen molar-refractivity contribution in [1.82, 2.24) is 19.5 Å². The highest BCUT2D eigenvalue weighted by Gasteiger charge is 2.54. The molecule has 3 aliphatic carbocycles. The lowest BCUT2D eigenvalue weighted by molar-refractivity contribution is 0.774. The number of nitrogens with zero attached hydrogens (tertiary/aromatic N) is 4. The number of fused-ring (bicyclic) bond motifs is 17. The number of rotatable bonds is 8. The Bertz CT molecular complexity index is 5230. The van der Waals surface area contributed by atoms with Crippen molar-refractivity contribution >= 4 is 21.8 Å². The van der Waals surface area contributed by atoms with Crippen molar-refractivity contribution < 1.29 is 0 Å². The van der Waals surface area contributed by atoms with Gasteiger partial charge in [-0.15, -0.1) is 0 Å². The maximum absolute atomic E-state index is 5.38. The van der Waals surface area contributed by atoms with Gasteiger partial charge in [0.25, 0.3) is 0 Å². The van der Waals surface area contributed by atoms with E-state index in [1.165, 1.54) is 116 Å². The minimum atomic E-state index is -0.562. The van der Waals surface area contributed by atoms with E-state index in [1.54, 1.807) is 0 Å². The van der Waals surface area contributed by atoms with Gasteiger partial charge >= 0.3 is 0 Å². The van der Waals surface area contributed by atoms with Crippen molar-refractivity contribution in [1.29, 1.82) is 0 Å². The quantitative estimate of drug-likeness (QED) is 0.152. The van der Waals surface area contributed by atoms with E-state index in [4.69, 9.17) is 15.0 Å². The monoisotopic (exact) mass is 1100 g/mol. The van der Waals surface area contributed by atoms with Crippen LogP contribution in [0.25, 0.3) is 128 Å². The van der Waals surface area contributed by atoms with Crippen LogP contribution in [0.4, 0.5) is 0 Å². The summed E-state index contributed by atoms with van der Waals surface area (Å²) >= 11 is 0. The molecule has 1 atom stereocenters. The lowest BCUT2D eigenvalue weighted by Crippen LogP contribution is -2.27. The Morgan fingerprint density at radius 2 is 0.747 bits per heavy atom. The number of hydrogen-bond donors (Lipinski definition) is 0. The molecule has 0 aliphatic heterocycles. The van der Waals surface area contributed by atoms with Gasteiger partial charge < -0.3 is 4.57 Å². The molecule has 0 bridgehead atoms. The fourth-order valence-electron chi connectivity index (χ4n) is 15.0. The first-order valence-corrected chi connectivity index (χ1v) is 30.0. The van der Waals surface area contributed by atoms with Crippen molar-refractivity contribution in [2.75, 3.05) is 0 Å². The molecule has 0 N–H and O–H groups in total. The van der Waals surface area contributed by atoms with Crippen LogP contribution in [0, 0.1) is 0 Å². The van der Waals surface area contributed by atoms with E-state index in [2.05, 4.69) is 296 Å². The van der Waals surface area contributed by atoms with Crippen LogP contribution in [0.5, 0.6) is 0 Å². The Balaban J connectivity index is 0.842. The third-order valence-corrected chi connectivity index (χ3v) is 18.7.